The summed E-state index contributed by atoms with van der Waals surface area (Å²) in [6, 6.07) is 12.1. The molecule has 0 radical (unpaired) electrons. The topological polar surface area (TPSA) is 73.2 Å². The molecule has 0 atom stereocenters. The van der Waals surface area contributed by atoms with Crippen LogP contribution in [0.1, 0.15) is 0 Å². The Kier molecular flexibility index (Phi) is 3.82. The summed E-state index contributed by atoms with van der Waals surface area (Å²) in [6.45, 7) is 0.339. The van der Waals surface area contributed by atoms with Crippen molar-refractivity contribution < 1.29 is 13.2 Å². The molecule has 0 spiro atoms. The van der Waals surface area contributed by atoms with Crippen LogP contribution in [0.5, 0.6) is 0 Å². The maximum absolute atomic E-state index is 12.4. The molecule has 3 rings (SSSR count). The normalized spacial score (nSPS) is 11.7. The van der Waals surface area contributed by atoms with Crippen molar-refractivity contribution in [3.05, 3.63) is 54.9 Å². The molecule has 3 aromatic rings. The monoisotopic (exact) mass is 317 g/mol. The molecule has 0 bridgehead atoms. The third kappa shape index (κ3) is 2.68. The van der Waals surface area contributed by atoms with Crippen molar-refractivity contribution >= 4 is 26.6 Å². The van der Waals surface area contributed by atoms with Crippen molar-refractivity contribution in [3.63, 3.8) is 0 Å². The van der Waals surface area contributed by atoms with Gasteiger partial charge in [-0.2, -0.15) is 8.42 Å². The highest BCUT2D eigenvalue weighted by Gasteiger charge is 2.17. The average molecular weight is 317 g/mol. The summed E-state index contributed by atoms with van der Waals surface area (Å²) in [6.07, 6.45) is 3.30. The molecule has 2 heterocycles. The van der Waals surface area contributed by atoms with Crippen molar-refractivity contribution in [1.29, 1.82) is 0 Å². The van der Waals surface area contributed by atoms with Crippen molar-refractivity contribution in [3.8, 4) is 0 Å². The SMILES string of the molecule is COCn1ccc2cccc(NS(=O)(=O)c3ccccn3)c21. The van der Waals surface area contributed by atoms with E-state index in [0.717, 1.165) is 10.9 Å². The Labute approximate surface area is 128 Å². The van der Waals surface area contributed by atoms with E-state index >= 15 is 0 Å². The van der Waals surface area contributed by atoms with Gasteiger partial charge < -0.3 is 9.30 Å². The van der Waals surface area contributed by atoms with Crippen LogP contribution in [0, 0.1) is 0 Å². The first-order valence-corrected chi connectivity index (χ1v) is 8.11. The van der Waals surface area contributed by atoms with Gasteiger partial charge >= 0.3 is 0 Å². The van der Waals surface area contributed by atoms with Crippen LogP contribution in [0.2, 0.25) is 0 Å². The second kappa shape index (κ2) is 5.78. The van der Waals surface area contributed by atoms with Crippen LogP contribution >= 0.6 is 0 Å². The number of methoxy groups -OCH3 is 1. The largest absolute Gasteiger partial charge is 0.364 e. The number of fused-ring (bicyclic) bond motifs is 1. The molecule has 0 aliphatic rings. The summed E-state index contributed by atoms with van der Waals surface area (Å²) in [5, 5.41) is 0.912. The molecule has 0 fully saturated rings. The maximum Gasteiger partial charge on any atom is 0.279 e. The molecule has 0 saturated heterocycles. The molecule has 0 saturated carbocycles. The number of pyridine rings is 1. The second-order valence-electron chi connectivity index (χ2n) is 4.72. The van der Waals surface area contributed by atoms with Crippen LogP contribution in [-0.4, -0.2) is 25.1 Å². The number of hydrogen-bond acceptors (Lipinski definition) is 4. The van der Waals surface area contributed by atoms with Gasteiger partial charge in [0.2, 0.25) is 0 Å². The predicted molar refractivity (Wildman–Crippen MR) is 84.0 cm³/mol. The van der Waals surface area contributed by atoms with Crippen molar-refractivity contribution in [2.75, 3.05) is 11.8 Å². The third-order valence-corrected chi connectivity index (χ3v) is 4.49. The molecule has 7 heteroatoms. The van der Waals surface area contributed by atoms with E-state index in [0.29, 0.717) is 12.4 Å². The first-order valence-electron chi connectivity index (χ1n) is 6.62. The molecular weight excluding hydrogens is 302 g/mol. The summed E-state index contributed by atoms with van der Waals surface area (Å²) in [7, 11) is -2.14. The van der Waals surface area contributed by atoms with Crippen LogP contribution in [0.4, 0.5) is 5.69 Å². The molecule has 0 aliphatic heterocycles. The van der Waals surface area contributed by atoms with E-state index in [4.69, 9.17) is 4.74 Å². The summed E-state index contributed by atoms with van der Waals surface area (Å²) in [4.78, 5) is 3.89. The quantitative estimate of drug-likeness (QED) is 0.784. The van der Waals surface area contributed by atoms with E-state index in [1.165, 1.54) is 12.3 Å². The molecule has 0 aliphatic carbocycles. The Balaban J connectivity index is 2.06. The van der Waals surface area contributed by atoms with E-state index in [1.807, 2.05) is 22.9 Å². The number of ether oxygens (including phenoxy) is 1. The molecule has 0 amide bonds. The van der Waals surface area contributed by atoms with Gasteiger partial charge in [-0.05, 0) is 24.3 Å². The van der Waals surface area contributed by atoms with Crippen LogP contribution < -0.4 is 4.72 Å². The molecule has 1 aromatic carbocycles. The Hall–Kier alpha value is -2.38. The zero-order valence-electron chi connectivity index (χ0n) is 11.9. The average Bonchev–Trinajstić information content (AvgIpc) is 2.93. The minimum absolute atomic E-state index is 0.0168. The molecule has 114 valence electrons. The predicted octanol–water partition coefficient (Wildman–Crippen LogP) is 2.44. The highest BCUT2D eigenvalue weighted by Crippen LogP contribution is 2.26. The fourth-order valence-electron chi connectivity index (χ4n) is 2.29. The lowest BCUT2D eigenvalue weighted by Crippen LogP contribution is -2.15. The maximum atomic E-state index is 12.4. The lowest BCUT2D eigenvalue weighted by molar-refractivity contribution is 0.135. The first-order chi connectivity index (χ1) is 10.6. The number of nitrogens with zero attached hydrogens (tertiary/aromatic N) is 2. The number of hydrogen-bond donors (Lipinski definition) is 1. The lowest BCUT2D eigenvalue weighted by atomic mass is 10.2. The molecule has 22 heavy (non-hydrogen) atoms. The highest BCUT2D eigenvalue weighted by molar-refractivity contribution is 7.92. The van der Waals surface area contributed by atoms with E-state index in [1.54, 1.807) is 31.4 Å². The van der Waals surface area contributed by atoms with Gasteiger partial charge in [0.15, 0.2) is 5.03 Å². The van der Waals surface area contributed by atoms with Gasteiger partial charge in [-0.1, -0.05) is 18.2 Å². The van der Waals surface area contributed by atoms with Crippen molar-refractivity contribution in [1.82, 2.24) is 9.55 Å². The number of nitrogens with one attached hydrogen (secondary N) is 1. The summed E-state index contributed by atoms with van der Waals surface area (Å²) >= 11 is 0. The van der Waals surface area contributed by atoms with Gasteiger partial charge in [0.25, 0.3) is 10.0 Å². The zero-order valence-corrected chi connectivity index (χ0v) is 12.7. The summed E-state index contributed by atoms with van der Waals surface area (Å²) < 4.78 is 34.4. The van der Waals surface area contributed by atoms with Crippen LogP contribution in [0.3, 0.4) is 0 Å². The second-order valence-corrected chi connectivity index (χ2v) is 6.35. The Morgan fingerprint density at radius 3 is 2.77 bits per heavy atom. The third-order valence-electron chi connectivity index (χ3n) is 3.21. The molecular formula is C15H15N3O3S. The molecule has 0 unspecified atom stereocenters. The first kappa shape index (κ1) is 14.6. The molecule has 6 nitrogen and oxygen atoms in total. The zero-order chi connectivity index (χ0) is 15.6. The number of benzene rings is 1. The minimum atomic E-state index is -3.73. The number of aromatic nitrogens is 2. The van der Waals surface area contributed by atoms with Crippen LogP contribution in [0.15, 0.2) is 59.9 Å². The van der Waals surface area contributed by atoms with Gasteiger partial charge in [-0.15, -0.1) is 0 Å². The van der Waals surface area contributed by atoms with Gasteiger partial charge in [0.1, 0.15) is 6.73 Å². The van der Waals surface area contributed by atoms with Gasteiger partial charge in [0, 0.05) is 24.9 Å². The van der Waals surface area contributed by atoms with E-state index in [-0.39, 0.29) is 5.03 Å². The standard InChI is InChI=1S/C15H15N3O3S/c1-21-11-18-10-8-12-5-4-6-13(15(12)18)17-22(19,20)14-7-2-3-9-16-14/h2-10,17H,11H2,1H3. The Bertz CT molecular complexity index is 889. The number of anilines is 1. The highest BCUT2D eigenvalue weighted by atomic mass is 32.2. The van der Waals surface area contributed by atoms with Crippen LogP contribution in [0.25, 0.3) is 10.9 Å². The number of rotatable bonds is 5. The van der Waals surface area contributed by atoms with Crippen molar-refractivity contribution in [2.24, 2.45) is 0 Å². The van der Waals surface area contributed by atoms with Crippen molar-refractivity contribution in [2.45, 2.75) is 11.8 Å². The summed E-state index contributed by atoms with van der Waals surface area (Å²) in [5.41, 5.74) is 1.26. The van der Waals surface area contributed by atoms with Gasteiger partial charge in [-0.3, -0.25) is 4.72 Å². The van der Waals surface area contributed by atoms with E-state index < -0.39 is 10.0 Å². The van der Waals surface area contributed by atoms with Gasteiger partial charge in [0.05, 0.1) is 11.2 Å². The Morgan fingerprint density at radius 1 is 1.18 bits per heavy atom. The molecule has 1 N–H and O–H groups in total. The lowest BCUT2D eigenvalue weighted by Gasteiger charge is -2.11. The number of sulfonamides is 1. The Morgan fingerprint density at radius 2 is 2.05 bits per heavy atom. The fourth-order valence-corrected chi connectivity index (χ4v) is 3.31. The minimum Gasteiger partial charge on any atom is -0.364 e. The number of para-hydroxylation sites is 1. The smallest absolute Gasteiger partial charge is 0.279 e. The van der Waals surface area contributed by atoms with Gasteiger partial charge in [-0.25, -0.2) is 4.98 Å². The fraction of sp³-hybridized carbons (Fsp3) is 0.133. The summed E-state index contributed by atoms with van der Waals surface area (Å²) in [5.74, 6) is 0. The molecule has 2 aromatic heterocycles. The van der Waals surface area contributed by atoms with Crippen LogP contribution in [-0.2, 0) is 21.5 Å². The van der Waals surface area contributed by atoms with E-state index in [2.05, 4.69) is 9.71 Å². The van der Waals surface area contributed by atoms with E-state index in [9.17, 15) is 8.42 Å².